The predicted molar refractivity (Wildman–Crippen MR) is 134 cm³/mol. The van der Waals surface area contributed by atoms with E-state index < -0.39 is 0 Å². The highest BCUT2D eigenvalue weighted by molar-refractivity contribution is 6.32. The van der Waals surface area contributed by atoms with Crippen LogP contribution in [0.1, 0.15) is 34.0 Å². The lowest BCUT2D eigenvalue weighted by Crippen LogP contribution is -2.11. The van der Waals surface area contributed by atoms with Gasteiger partial charge in [0.1, 0.15) is 18.1 Å². The molecule has 7 heteroatoms. The molecule has 3 aromatic carbocycles. The van der Waals surface area contributed by atoms with Crippen molar-refractivity contribution in [3.05, 3.63) is 106 Å². The maximum absolute atomic E-state index is 12.6. The van der Waals surface area contributed by atoms with Crippen molar-refractivity contribution >= 4 is 23.2 Å². The summed E-state index contributed by atoms with van der Waals surface area (Å²) in [6.07, 6.45) is 4.31. The minimum absolute atomic E-state index is 0.218. The molecule has 0 unspecified atom stereocenters. The summed E-state index contributed by atoms with van der Waals surface area (Å²) >= 11 is 6.18. The largest absolute Gasteiger partial charge is 0.487 e. The first-order valence-corrected chi connectivity index (χ1v) is 11.4. The van der Waals surface area contributed by atoms with Crippen LogP contribution in [0.15, 0.2) is 79.1 Å². The third kappa shape index (κ3) is 6.17. The number of aromatic nitrogens is 2. The predicted octanol–water partition coefficient (Wildman–Crippen LogP) is 6.28. The van der Waals surface area contributed by atoms with Gasteiger partial charge < -0.3 is 14.8 Å². The molecule has 4 aromatic rings. The summed E-state index contributed by atoms with van der Waals surface area (Å²) in [5.41, 5.74) is 4.40. The van der Waals surface area contributed by atoms with Gasteiger partial charge in [0.25, 0.3) is 5.91 Å². The van der Waals surface area contributed by atoms with Crippen molar-refractivity contribution in [2.45, 2.75) is 33.6 Å². The second-order valence-corrected chi connectivity index (χ2v) is 8.32. The molecule has 1 amide bonds. The van der Waals surface area contributed by atoms with Crippen LogP contribution in [-0.4, -0.2) is 15.7 Å². The van der Waals surface area contributed by atoms with Crippen LogP contribution in [0.4, 0.5) is 5.69 Å². The van der Waals surface area contributed by atoms with Crippen molar-refractivity contribution < 1.29 is 14.3 Å². The fraction of sp³-hybridized carbons (Fsp3) is 0.185. The topological polar surface area (TPSA) is 65.4 Å². The fourth-order valence-corrected chi connectivity index (χ4v) is 3.47. The number of carbonyl (C=O) groups is 1. The number of hydrogen-bond donors (Lipinski definition) is 1. The normalized spacial score (nSPS) is 10.7. The lowest BCUT2D eigenvalue weighted by atomic mass is 10.1. The molecule has 0 fully saturated rings. The van der Waals surface area contributed by atoms with Gasteiger partial charge in [-0.05, 0) is 66.4 Å². The number of anilines is 1. The van der Waals surface area contributed by atoms with Crippen LogP contribution in [0.3, 0.4) is 0 Å². The van der Waals surface area contributed by atoms with Crippen LogP contribution in [0.25, 0.3) is 0 Å². The van der Waals surface area contributed by atoms with E-state index in [0.29, 0.717) is 28.6 Å². The molecule has 1 heterocycles. The van der Waals surface area contributed by atoms with Crippen molar-refractivity contribution in [1.29, 1.82) is 0 Å². The van der Waals surface area contributed by atoms with E-state index in [9.17, 15) is 4.79 Å². The third-order valence-corrected chi connectivity index (χ3v) is 5.60. The number of rotatable bonds is 9. The Morgan fingerprint density at radius 2 is 1.74 bits per heavy atom. The summed E-state index contributed by atoms with van der Waals surface area (Å²) in [6.45, 7) is 4.71. The highest BCUT2D eigenvalue weighted by Gasteiger charge is 2.09. The van der Waals surface area contributed by atoms with Crippen molar-refractivity contribution in [2.24, 2.45) is 0 Å². The molecular weight excluding hydrogens is 450 g/mol. The molecule has 0 aliphatic carbocycles. The van der Waals surface area contributed by atoms with Crippen molar-refractivity contribution in [2.75, 3.05) is 5.32 Å². The summed E-state index contributed by atoms with van der Waals surface area (Å²) in [6, 6.07) is 20.9. The van der Waals surface area contributed by atoms with Crippen LogP contribution in [0.5, 0.6) is 11.5 Å². The maximum atomic E-state index is 12.6. The molecule has 0 aliphatic rings. The van der Waals surface area contributed by atoms with Crippen molar-refractivity contribution in [3.63, 3.8) is 0 Å². The van der Waals surface area contributed by atoms with E-state index in [0.717, 1.165) is 23.3 Å². The van der Waals surface area contributed by atoms with E-state index in [1.54, 1.807) is 29.2 Å². The summed E-state index contributed by atoms with van der Waals surface area (Å²) < 4.78 is 13.2. The Hall–Kier alpha value is -3.77. The van der Waals surface area contributed by atoms with Gasteiger partial charge in [-0.1, -0.05) is 48.9 Å². The Labute approximate surface area is 204 Å². The van der Waals surface area contributed by atoms with Crippen LogP contribution >= 0.6 is 11.6 Å². The van der Waals surface area contributed by atoms with Gasteiger partial charge in [0, 0.05) is 5.56 Å². The van der Waals surface area contributed by atoms with Gasteiger partial charge in [-0.25, -0.2) is 4.68 Å². The molecule has 0 bridgehead atoms. The zero-order chi connectivity index (χ0) is 23.9. The number of halogens is 1. The molecule has 6 nitrogen and oxygen atoms in total. The monoisotopic (exact) mass is 475 g/mol. The number of nitrogens with one attached hydrogen (secondary N) is 1. The van der Waals surface area contributed by atoms with Crippen molar-refractivity contribution in [1.82, 2.24) is 9.78 Å². The lowest BCUT2D eigenvalue weighted by molar-refractivity contribution is 0.102. The fourth-order valence-electron chi connectivity index (χ4n) is 3.30. The molecule has 174 valence electrons. The molecule has 0 radical (unpaired) electrons. The number of aryl methyl sites for hydroxylation is 2. The molecule has 1 N–H and O–H groups in total. The second kappa shape index (κ2) is 10.9. The van der Waals surface area contributed by atoms with Gasteiger partial charge in [0.05, 0.1) is 23.1 Å². The standard InChI is InChI=1S/C27H26ClN3O3/c1-3-20-7-11-24(12-8-20)34-18-31-16-23(15-29-31)30-27(32)22-9-5-21(6-10-22)17-33-26-14-19(2)4-13-25(26)28/h4-16H,3,17-18H2,1-2H3,(H,30,32). The van der Waals surface area contributed by atoms with Gasteiger partial charge in [-0.3, -0.25) is 4.79 Å². The third-order valence-electron chi connectivity index (χ3n) is 5.28. The Bertz CT molecular complexity index is 1250. The summed E-state index contributed by atoms with van der Waals surface area (Å²) in [5, 5.41) is 7.67. The van der Waals surface area contributed by atoms with E-state index in [-0.39, 0.29) is 12.6 Å². The van der Waals surface area contributed by atoms with Crippen LogP contribution in [-0.2, 0) is 19.8 Å². The van der Waals surface area contributed by atoms with E-state index >= 15 is 0 Å². The van der Waals surface area contributed by atoms with Crippen LogP contribution in [0, 0.1) is 6.92 Å². The molecule has 0 spiro atoms. The SMILES string of the molecule is CCc1ccc(OCn2cc(NC(=O)c3ccc(COc4cc(C)ccc4Cl)cc3)cn2)cc1. The molecule has 1 aromatic heterocycles. The van der Waals surface area contributed by atoms with E-state index in [2.05, 4.69) is 17.3 Å². The molecular formula is C27H26ClN3O3. The molecule has 0 atom stereocenters. The van der Waals surface area contributed by atoms with Gasteiger partial charge >= 0.3 is 0 Å². The van der Waals surface area contributed by atoms with E-state index in [4.69, 9.17) is 21.1 Å². The second-order valence-electron chi connectivity index (χ2n) is 7.91. The van der Waals surface area contributed by atoms with Gasteiger partial charge in [0.15, 0.2) is 6.73 Å². The lowest BCUT2D eigenvalue weighted by Gasteiger charge is -2.09. The van der Waals surface area contributed by atoms with E-state index in [1.165, 1.54) is 5.56 Å². The Balaban J connectivity index is 1.28. The number of amides is 1. The zero-order valence-corrected chi connectivity index (χ0v) is 19.9. The number of carbonyl (C=O) groups excluding carboxylic acids is 1. The number of nitrogens with zero attached hydrogens (tertiary/aromatic N) is 2. The average Bonchev–Trinajstić information content (AvgIpc) is 3.31. The van der Waals surface area contributed by atoms with Crippen LogP contribution < -0.4 is 14.8 Å². The van der Waals surface area contributed by atoms with Crippen molar-refractivity contribution in [3.8, 4) is 11.5 Å². The summed E-state index contributed by atoms with van der Waals surface area (Å²) in [4.78, 5) is 12.6. The highest BCUT2D eigenvalue weighted by atomic mass is 35.5. The summed E-state index contributed by atoms with van der Waals surface area (Å²) in [7, 11) is 0. The first kappa shape index (κ1) is 23.4. The molecule has 0 saturated heterocycles. The maximum Gasteiger partial charge on any atom is 0.255 e. The first-order valence-electron chi connectivity index (χ1n) is 11.0. The van der Waals surface area contributed by atoms with Gasteiger partial charge in [0.2, 0.25) is 0 Å². The molecule has 0 aliphatic heterocycles. The molecule has 0 saturated carbocycles. The van der Waals surface area contributed by atoms with Gasteiger partial charge in [-0.2, -0.15) is 5.10 Å². The quantitative estimate of drug-likeness (QED) is 0.309. The first-order chi connectivity index (χ1) is 16.5. The van der Waals surface area contributed by atoms with E-state index in [1.807, 2.05) is 61.5 Å². The van der Waals surface area contributed by atoms with Crippen LogP contribution in [0.2, 0.25) is 5.02 Å². The van der Waals surface area contributed by atoms with Gasteiger partial charge in [-0.15, -0.1) is 0 Å². The molecule has 4 rings (SSSR count). The Kier molecular flexibility index (Phi) is 7.50. The zero-order valence-electron chi connectivity index (χ0n) is 19.1. The Morgan fingerprint density at radius 1 is 1.00 bits per heavy atom. The Morgan fingerprint density at radius 3 is 2.47 bits per heavy atom. The average molecular weight is 476 g/mol. The highest BCUT2D eigenvalue weighted by Crippen LogP contribution is 2.26. The number of hydrogen-bond acceptors (Lipinski definition) is 4. The number of benzene rings is 3. The molecule has 34 heavy (non-hydrogen) atoms. The summed E-state index contributed by atoms with van der Waals surface area (Å²) in [5.74, 6) is 1.19. The minimum Gasteiger partial charge on any atom is -0.487 e. The number of ether oxygens (including phenoxy) is 2. The minimum atomic E-state index is -0.218. The smallest absolute Gasteiger partial charge is 0.255 e.